The highest BCUT2D eigenvalue weighted by Gasteiger charge is 2.08. The maximum atomic E-state index is 13.2. The van der Waals surface area contributed by atoms with E-state index in [0.717, 1.165) is 5.56 Å². The number of methoxy groups -OCH3 is 1. The molecule has 0 unspecified atom stereocenters. The average molecular weight is 263 g/mol. The highest BCUT2D eigenvalue weighted by molar-refractivity contribution is 5.58. The van der Waals surface area contributed by atoms with Crippen LogP contribution in [0, 0.1) is 12.7 Å². The number of hydrogen-bond acceptors (Lipinski definition) is 6. The van der Waals surface area contributed by atoms with Gasteiger partial charge in [0.2, 0.25) is 11.9 Å². The van der Waals surface area contributed by atoms with Crippen molar-refractivity contribution in [2.75, 3.05) is 24.8 Å². The van der Waals surface area contributed by atoms with E-state index < -0.39 is 0 Å². The van der Waals surface area contributed by atoms with Crippen LogP contribution >= 0.6 is 0 Å². The monoisotopic (exact) mass is 263 g/mol. The Bertz CT molecular complexity index is 568. The summed E-state index contributed by atoms with van der Waals surface area (Å²) >= 11 is 0. The minimum Gasteiger partial charge on any atom is -0.467 e. The molecule has 0 saturated carbocycles. The van der Waals surface area contributed by atoms with Gasteiger partial charge in [0, 0.05) is 12.7 Å². The first-order chi connectivity index (χ1) is 9.12. The van der Waals surface area contributed by atoms with Crippen molar-refractivity contribution in [2.45, 2.75) is 6.92 Å². The molecule has 0 aliphatic heterocycles. The van der Waals surface area contributed by atoms with Gasteiger partial charge in [-0.1, -0.05) is 6.07 Å². The summed E-state index contributed by atoms with van der Waals surface area (Å²) in [6.07, 6.45) is 0. The smallest absolute Gasteiger partial charge is 0.322 e. The van der Waals surface area contributed by atoms with Gasteiger partial charge in [0.25, 0.3) is 0 Å². The lowest BCUT2D eigenvalue weighted by Gasteiger charge is -2.09. The van der Waals surface area contributed by atoms with E-state index >= 15 is 0 Å². The van der Waals surface area contributed by atoms with Gasteiger partial charge in [-0.05, 0) is 24.6 Å². The second kappa shape index (κ2) is 5.47. The number of aryl methyl sites for hydroxylation is 1. The number of nitrogens with zero attached hydrogens (tertiary/aromatic N) is 3. The first kappa shape index (κ1) is 13.0. The van der Waals surface area contributed by atoms with Gasteiger partial charge < -0.3 is 15.4 Å². The number of aromatic nitrogens is 3. The van der Waals surface area contributed by atoms with Crippen molar-refractivity contribution in [1.29, 1.82) is 0 Å². The molecule has 2 N–H and O–H groups in total. The third-order valence-corrected chi connectivity index (χ3v) is 2.47. The molecular weight excluding hydrogens is 249 g/mol. The predicted octanol–water partition coefficient (Wildman–Crippen LogP) is 2.11. The summed E-state index contributed by atoms with van der Waals surface area (Å²) in [4.78, 5) is 12.1. The van der Waals surface area contributed by atoms with E-state index in [1.165, 1.54) is 19.2 Å². The predicted molar refractivity (Wildman–Crippen MR) is 70.3 cm³/mol. The van der Waals surface area contributed by atoms with Crippen LogP contribution in [0.1, 0.15) is 5.56 Å². The van der Waals surface area contributed by atoms with E-state index in [9.17, 15) is 4.39 Å². The Morgan fingerprint density at radius 2 is 1.89 bits per heavy atom. The third kappa shape index (κ3) is 3.06. The fourth-order valence-electron chi connectivity index (χ4n) is 1.46. The molecule has 0 spiro atoms. The van der Waals surface area contributed by atoms with Crippen LogP contribution in [0.25, 0.3) is 0 Å². The molecule has 6 nitrogen and oxygen atoms in total. The maximum Gasteiger partial charge on any atom is 0.322 e. The zero-order valence-electron chi connectivity index (χ0n) is 10.9. The number of nitrogens with one attached hydrogen (secondary N) is 2. The van der Waals surface area contributed by atoms with Gasteiger partial charge in [0.1, 0.15) is 5.82 Å². The van der Waals surface area contributed by atoms with Gasteiger partial charge in [0.05, 0.1) is 7.11 Å². The van der Waals surface area contributed by atoms with E-state index in [2.05, 4.69) is 25.6 Å². The number of halogens is 1. The van der Waals surface area contributed by atoms with Gasteiger partial charge in [0.15, 0.2) is 0 Å². The largest absolute Gasteiger partial charge is 0.467 e. The Kier molecular flexibility index (Phi) is 3.74. The summed E-state index contributed by atoms with van der Waals surface area (Å²) in [7, 11) is 3.15. The number of benzene rings is 1. The molecule has 19 heavy (non-hydrogen) atoms. The Balaban J connectivity index is 2.34. The number of anilines is 3. The van der Waals surface area contributed by atoms with Crippen LogP contribution in [0.15, 0.2) is 18.2 Å². The van der Waals surface area contributed by atoms with Gasteiger partial charge in [-0.15, -0.1) is 0 Å². The van der Waals surface area contributed by atoms with Crippen molar-refractivity contribution in [3.63, 3.8) is 0 Å². The normalized spacial score (nSPS) is 10.1. The molecule has 0 amide bonds. The molecule has 2 rings (SSSR count). The highest BCUT2D eigenvalue weighted by atomic mass is 19.1. The van der Waals surface area contributed by atoms with Crippen molar-refractivity contribution < 1.29 is 9.13 Å². The first-order valence-electron chi connectivity index (χ1n) is 5.63. The van der Waals surface area contributed by atoms with Gasteiger partial charge in [-0.25, -0.2) is 4.39 Å². The Morgan fingerprint density at radius 3 is 2.58 bits per heavy atom. The molecule has 0 aliphatic carbocycles. The Labute approximate surface area is 110 Å². The zero-order chi connectivity index (χ0) is 13.8. The van der Waals surface area contributed by atoms with Crippen LogP contribution in [0.4, 0.5) is 22.0 Å². The van der Waals surface area contributed by atoms with Crippen LogP contribution in [-0.2, 0) is 0 Å². The molecular formula is C12H14FN5O. The van der Waals surface area contributed by atoms with Crippen molar-refractivity contribution in [3.05, 3.63) is 29.6 Å². The lowest BCUT2D eigenvalue weighted by atomic mass is 10.2. The molecule has 0 fully saturated rings. The minimum absolute atomic E-state index is 0.177. The third-order valence-electron chi connectivity index (χ3n) is 2.47. The second-order valence-corrected chi connectivity index (χ2v) is 3.80. The lowest BCUT2D eigenvalue weighted by molar-refractivity contribution is 0.379. The van der Waals surface area contributed by atoms with E-state index in [0.29, 0.717) is 11.6 Å². The SMILES string of the molecule is CNc1nc(Nc2cc(F)ccc2C)nc(OC)n1. The van der Waals surface area contributed by atoms with Crippen LogP contribution in [0.5, 0.6) is 6.01 Å². The fourth-order valence-corrected chi connectivity index (χ4v) is 1.46. The molecule has 0 radical (unpaired) electrons. The Hall–Kier alpha value is -2.44. The quantitative estimate of drug-likeness (QED) is 0.880. The fraction of sp³-hybridized carbons (Fsp3) is 0.250. The average Bonchev–Trinajstić information content (AvgIpc) is 2.42. The Morgan fingerprint density at radius 1 is 1.16 bits per heavy atom. The lowest BCUT2D eigenvalue weighted by Crippen LogP contribution is -2.06. The number of hydrogen-bond donors (Lipinski definition) is 2. The molecule has 7 heteroatoms. The molecule has 100 valence electrons. The van der Waals surface area contributed by atoms with Crippen molar-refractivity contribution in [2.24, 2.45) is 0 Å². The van der Waals surface area contributed by atoms with Gasteiger partial charge in [-0.2, -0.15) is 15.0 Å². The summed E-state index contributed by atoms with van der Waals surface area (Å²) in [5, 5.41) is 5.74. The molecule has 1 heterocycles. The van der Waals surface area contributed by atoms with E-state index in [1.807, 2.05) is 6.92 Å². The van der Waals surface area contributed by atoms with Crippen LogP contribution < -0.4 is 15.4 Å². The summed E-state index contributed by atoms with van der Waals surface area (Å²) < 4.78 is 18.2. The number of rotatable bonds is 4. The van der Waals surface area contributed by atoms with Crippen LogP contribution in [0.2, 0.25) is 0 Å². The second-order valence-electron chi connectivity index (χ2n) is 3.80. The number of ether oxygens (including phenoxy) is 1. The van der Waals surface area contributed by atoms with Gasteiger partial charge in [-0.3, -0.25) is 0 Å². The van der Waals surface area contributed by atoms with E-state index in [1.54, 1.807) is 13.1 Å². The van der Waals surface area contributed by atoms with Crippen LogP contribution in [-0.4, -0.2) is 29.1 Å². The molecule has 1 aromatic heterocycles. The van der Waals surface area contributed by atoms with Gasteiger partial charge >= 0.3 is 6.01 Å². The molecule has 0 bridgehead atoms. The zero-order valence-corrected chi connectivity index (χ0v) is 10.9. The molecule has 0 saturated heterocycles. The minimum atomic E-state index is -0.331. The van der Waals surface area contributed by atoms with Crippen LogP contribution in [0.3, 0.4) is 0 Å². The summed E-state index contributed by atoms with van der Waals surface area (Å²) in [5.41, 5.74) is 1.47. The summed E-state index contributed by atoms with van der Waals surface area (Å²) in [6, 6.07) is 4.63. The maximum absolute atomic E-state index is 13.2. The topological polar surface area (TPSA) is 72.0 Å². The molecule has 0 atom stereocenters. The van der Waals surface area contributed by atoms with E-state index in [-0.39, 0.29) is 17.8 Å². The van der Waals surface area contributed by atoms with Crippen molar-refractivity contribution >= 4 is 17.6 Å². The van der Waals surface area contributed by atoms with E-state index in [4.69, 9.17) is 4.74 Å². The first-order valence-corrected chi connectivity index (χ1v) is 5.63. The molecule has 1 aromatic carbocycles. The molecule has 0 aliphatic rings. The summed E-state index contributed by atoms with van der Waals surface area (Å²) in [6.45, 7) is 1.86. The summed E-state index contributed by atoms with van der Waals surface area (Å²) in [5.74, 6) is 0.316. The standard InChI is InChI=1S/C12H14FN5O/c1-7-4-5-8(13)6-9(7)15-11-16-10(14-2)17-12(18-11)19-3/h4-6H,1-3H3,(H2,14,15,16,17,18). The molecule has 2 aromatic rings. The van der Waals surface area contributed by atoms with Crippen molar-refractivity contribution in [1.82, 2.24) is 15.0 Å². The highest BCUT2D eigenvalue weighted by Crippen LogP contribution is 2.20. The van der Waals surface area contributed by atoms with Crippen molar-refractivity contribution in [3.8, 4) is 6.01 Å².